The van der Waals surface area contributed by atoms with Crippen molar-refractivity contribution in [3.05, 3.63) is 58.6 Å². The molecule has 1 aliphatic heterocycles. The summed E-state index contributed by atoms with van der Waals surface area (Å²) in [5.41, 5.74) is 6.57. The van der Waals surface area contributed by atoms with Gasteiger partial charge in [0.15, 0.2) is 0 Å². The number of aromatic amines is 1. The fourth-order valence-corrected chi connectivity index (χ4v) is 4.68. The van der Waals surface area contributed by atoms with E-state index in [1.54, 1.807) is 23.4 Å². The Kier molecular flexibility index (Phi) is 5.17. The highest BCUT2D eigenvalue weighted by molar-refractivity contribution is 6.30. The van der Waals surface area contributed by atoms with Crippen LogP contribution in [0.4, 0.5) is 10.5 Å². The van der Waals surface area contributed by atoms with E-state index in [9.17, 15) is 4.79 Å². The molecular weight excluding hydrogens is 398 g/mol. The predicted octanol–water partition coefficient (Wildman–Crippen LogP) is 5.20. The maximum Gasteiger partial charge on any atom is 0.322 e. The Bertz CT molecular complexity index is 1140. The molecule has 0 radical (unpaired) electrons. The molecular formula is C23H24ClN5O. The topological polar surface area (TPSA) is 73.9 Å². The third kappa shape index (κ3) is 3.67. The maximum atomic E-state index is 12.6. The highest BCUT2D eigenvalue weighted by Crippen LogP contribution is 2.33. The van der Waals surface area contributed by atoms with Crippen LogP contribution in [0.15, 0.2) is 36.7 Å². The molecule has 0 saturated carbocycles. The molecule has 7 heteroatoms. The normalized spacial score (nSPS) is 16.7. The van der Waals surface area contributed by atoms with Gasteiger partial charge in [-0.15, -0.1) is 0 Å². The van der Waals surface area contributed by atoms with E-state index in [1.807, 2.05) is 12.1 Å². The van der Waals surface area contributed by atoms with Crippen LogP contribution in [0.2, 0.25) is 5.02 Å². The molecule has 0 saturated heterocycles. The number of fused-ring (bicyclic) bond motifs is 3. The lowest BCUT2D eigenvalue weighted by Crippen LogP contribution is -2.37. The van der Waals surface area contributed by atoms with Crippen LogP contribution in [-0.2, 0) is 12.8 Å². The van der Waals surface area contributed by atoms with E-state index in [4.69, 9.17) is 11.6 Å². The van der Waals surface area contributed by atoms with Gasteiger partial charge < -0.3 is 15.2 Å². The van der Waals surface area contributed by atoms with Gasteiger partial charge >= 0.3 is 6.03 Å². The van der Waals surface area contributed by atoms with Crippen molar-refractivity contribution in [2.75, 3.05) is 18.4 Å². The quantitative estimate of drug-likeness (QED) is 0.558. The second-order valence-electron chi connectivity index (χ2n) is 7.95. The van der Waals surface area contributed by atoms with Gasteiger partial charge in [-0.25, -0.2) is 14.8 Å². The molecule has 5 rings (SSSR count). The van der Waals surface area contributed by atoms with Crippen LogP contribution in [-0.4, -0.2) is 39.0 Å². The number of rotatable bonds is 2. The first-order valence-electron chi connectivity index (χ1n) is 10.5. The monoisotopic (exact) mass is 421 g/mol. The number of anilines is 1. The van der Waals surface area contributed by atoms with Crippen molar-refractivity contribution in [2.45, 2.75) is 38.5 Å². The summed E-state index contributed by atoms with van der Waals surface area (Å²) in [5.74, 6) is 0. The van der Waals surface area contributed by atoms with E-state index >= 15 is 0 Å². The average Bonchev–Trinajstić information content (AvgIpc) is 2.95. The fourth-order valence-electron chi connectivity index (χ4n) is 4.49. The summed E-state index contributed by atoms with van der Waals surface area (Å²) in [4.78, 5) is 27.1. The van der Waals surface area contributed by atoms with Crippen LogP contribution in [0.3, 0.4) is 0 Å². The third-order valence-corrected chi connectivity index (χ3v) is 6.25. The van der Waals surface area contributed by atoms with Crippen molar-refractivity contribution in [3.63, 3.8) is 0 Å². The molecule has 0 bridgehead atoms. The number of carbonyl (C=O) groups is 1. The van der Waals surface area contributed by atoms with E-state index in [0.717, 1.165) is 30.6 Å². The molecule has 0 unspecified atom stereocenters. The van der Waals surface area contributed by atoms with Crippen LogP contribution >= 0.6 is 11.6 Å². The Balaban J connectivity index is 1.38. The SMILES string of the molecule is O=C(Nc1cccc(Cl)c1)N1CC=C(c2ncnc3[nH]c4c(c23)CCCCC4)CC1. The Morgan fingerprint density at radius 1 is 1.13 bits per heavy atom. The minimum absolute atomic E-state index is 0.115. The number of nitrogens with zero attached hydrogens (tertiary/aromatic N) is 3. The largest absolute Gasteiger partial charge is 0.343 e. The first kappa shape index (κ1) is 19.1. The highest BCUT2D eigenvalue weighted by Gasteiger charge is 2.23. The van der Waals surface area contributed by atoms with Gasteiger partial charge in [0.25, 0.3) is 0 Å². The first-order chi connectivity index (χ1) is 14.7. The molecule has 1 aromatic carbocycles. The number of aryl methyl sites for hydroxylation is 2. The maximum absolute atomic E-state index is 12.6. The predicted molar refractivity (Wildman–Crippen MR) is 120 cm³/mol. The summed E-state index contributed by atoms with van der Waals surface area (Å²) in [6, 6.07) is 7.09. The molecule has 3 heterocycles. The smallest absolute Gasteiger partial charge is 0.322 e. The van der Waals surface area contributed by atoms with Gasteiger partial charge in [0, 0.05) is 34.9 Å². The second kappa shape index (κ2) is 8.11. The molecule has 0 atom stereocenters. The molecule has 30 heavy (non-hydrogen) atoms. The molecule has 2 amide bonds. The van der Waals surface area contributed by atoms with Crippen LogP contribution in [0.1, 0.15) is 42.6 Å². The van der Waals surface area contributed by atoms with Gasteiger partial charge in [0.2, 0.25) is 0 Å². The molecule has 2 aromatic heterocycles. The van der Waals surface area contributed by atoms with Crippen molar-refractivity contribution in [1.29, 1.82) is 0 Å². The van der Waals surface area contributed by atoms with Gasteiger partial charge in [-0.3, -0.25) is 0 Å². The van der Waals surface area contributed by atoms with Crippen molar-refractivity contribution in [1.82, 2.24) is 19.9 Å². The second-order valence-corrected chi connectivity index (χ2v) is 8.39. The summed E-state index contributed by atoms with van der Waals surface area (Å²) in [7, 11) is 0. The van der Waals surface area contributed by atoms with E-state index in [-0.39, 0.29) is 6.03 Å². The zero-order valence-electron chi connectivity index (χ0n) is 16.7. The van der Waals surface area contributed by atoms with Crippen LogP contribution < -0.4 is 5.32 Å². The number of hydrogen-bond acceptors (Lipinski definition) is 3. The molecule has 0 fully saturated rings. The number of amides is 2. The molecule has 2 aliphatic rings. The van der Waals surface area contributed by atoms with Crippen molar-refractivity contribution in [2.24, 2.45) is 0 Å². The summed E-state index contributed by atoms with van der Waals surface area (Å²) < 4.78 is 0. The van der Waals surface area contributed by atoms with Crippen LogP contribution in [0, 0.1) is 0 Å². The third-order valence-electron chi connectivity index (χ3n) is 6.01. The van der Waals surface area contributed by atoms with Gasteiger partial charge in [-0.2, -0.15) is 0 Å². The molecule has 3 aromatic rings. The van der Waals surface area contributed by atoms with Crippen molar-refractivity contribution in [3.8, 4) is 0 Å². The number of H-pyrrole nitrogens is 1. The molecule has 6 nitrogen and oxygen atoms in total. The van der Waals surface area contributed by atoms with Gasteiger partial charge in [0.1, 0.15) is 12.0 Å². The van der Waals surface area contributed by atoms with E-state index in [0.29, 0.717) is 23.8 Å². The number of nitrogens with one attached hydrogen (secondary N) is 2. The van der Waals surface area contributed by atoms with E-state index < -0.39 is 0 Å². The number of benzene rings is 1. The molecule has 2 N–H and O–H groups in total. The zero-order chi connectivity index (χ0) is 20.5. The number of carbonyl (C=O) groups excluding carboxylic acids is 1. The van der Waals surface area contributed by atoms with Crippen LogP contribution in [0.5, 0.6) is 0 Å². The summed E-state index contributed by atoms with van der Waals surface area (Å²) >= 11 is 6.01. The lowest BCUT2D eigenvalue weighted by Gasteiger charge is -2.26. The Labute approximate surface area is 180 Å². The number of hydrogen-bond donors (Lipinski definition) is 2. The minimum atomic E-state index is -0.115. The zero-order valence-corrected chi connectivity index (χ0v) is 17.5. The Morgan fingerprint density at radius 2 is 2.03 bits per heavy atom. The minimum Gasteiger partial charge on any atom is -0.343 e. The van der Waals surface area contributed by atoms with E-state index in [2.05, 4.69) is 26.3 Å². The Morgan fingerprint density at radius 3 is 2.87 bits per heavy atom. The van der Waals surface area contributed by atoms with Gasteiger partial charge in [0.05, 0.1) is 5.69 Å². The average molecular weight is 422 g/mol. The van der Waals surface area contributed by atoms with Gasteiger partial charge in [-0.05, 0) is 61.4 Å². The van der Waals surface area contributed by atoms with Crippen molar-refractivity contribution < 1.29 is 4.79 Å². The first-order valence-corrected chi connectivity index (χ1v) is 10.9. The van der Waals surface area contributed by atoms with Crippen molar-refractivity contribution >= 4 is 39.9 Å². The lowest BCUT2D eigenvalue weighted by molar-refractivity contribution is 0.217. The Hall–Kier alpha value is -2.86. The lowest BCUT2D eigenvalue weighted by atomic mass is 9.98. The van der Waals surface area contributed by atoms with Crippen LogP contribution in [0.25, 0.3) is 16.6 Å². The molecule has 1 aliphatic carbocycles. The number of urea groups is 1. The summed E-state index contributed by atoms with van der Waals surface area (Å²) in [6.07, 6.45) is 10.4. The number of aromatic nitrogens is 3. The fraction of sp³-hybridized carbons (Fsp3) is 0.348. The number of halogens is 1. The van der Waals surface area contributed by atoms with E-state index in [1.165, 1.54) is 41.5 Å². The highest BCUT2D eigenvalue weighted by atomic mass is 35.5. The summed E-state index contributed by atoms with van der Waals surface area (Å²) in [5, 5.41) is 4.71. The molecule has 154 valence electrons. The standard InChI is InChI=1S/C23H24ClN5O/c24-16-5-4-6-17(13-16)27-23(30)29-11-9-15(10-12-29)21-20-18-7-2-1-3-8-19(18)28-22(20)26-14-25-21/h4-6,9,13-14H,1-3,7-8,10-12H2,(H,27,30)(H,25,26,28). The van der Waals surface area contributed by atoms with Gasteiger partial charge in [-0.1, -0.05) is 30.2 Å². The molecule has 0 spiro atoms. The summed E-state index contributed by atoms with van der Waals surface area (Å²) in [6.45, 7) is 1.20.